The van der Waals surface area contributed by atoms with E-state index in [4.69, 9.17) is 4.42 Å². The zero-order chi connectivity index (χ0) is 14.5. The van der Waals surface area contributed by atoms with Gasteiger partial charge in [0, 0.05) is 44.6 Å². The van der Waals surface area contributed by atoms with Crippen LogP contribution in [0.4, 0.5) is 5.82 Å². The molecular formula is C15H16N4O2. The Morgan fingerprint density at radius 3 is 2.76 bits per heavy atom. The first-order valence-corrected chi connectivity index (χ1v) is 6.84. The van der Waals surface area contributed by atoms with Crippen molar-refractivity contribution in [3.05, 3.63) is 48.8 Å². The summed E-state index contributed by atoms with van der Waals surface area (Å²) in [5.74, 6) is 1.54. The van der Waals surface area contributed by atoms with Gasteiger partial charge in [-0.1, -0.05) is 0 Å². The van der Waals surface area contributed by atoms with Gasteiger partial charge in [0.05, 0.1) is 12.5 Å². The van der Waals surface area contributed by atoms with E-state index < -0.39 is 0 Å². The molecule has 1 amide bonds. The van der Waals surface area contributed by atoms with E-state index in [1.165, 1.54) is 0 Å². The van der Waals surface area contributed by atoms with Gasteiger partial charge in [-0.3, -0.25) is 9.78 Å². The van der Waals surface area contributed by atoms with Crippen molar-refractivity contribution in [1.29, 1.82) is 0 Å². The van der Waals surface area contributed by atoms with Crippen molar-refractivity contribution in [1.82, 2.24) is 14.9 Å². The first-order valence-electron chi connectivity index (χ1n) is 6.84. The summed E-state index contributed by atoms with van der Waals surface area (Å²) >= 11 is 0. The normalized spacial score (nSPS) is 15.6. The Balaban J connectivity index is 1.55. The van der Waals surface area contributed by atoms with Gasteiger partial charge < -0.3 is 14.2 Å². The van der Waals surface area contributed by atoms with E-state index in [-0.39, 0.29) is 5.91 Å². The van der Waals surface area contributed by atoms with Crippen LogP contribution in [-0.4, -0.2) is 47.0 Å². The van der Waals surface area contributed by atoms with Crippen LogP contribution in [0.3, 0.4) is 0 Å². The standard InChI is InChI=1S/C15H16N4O2/c20-15(4-3-13-2-1-11-21-13)19-9-7-18(8-10-19)14-12-16-5-6-17-14/h1-6,11-12H,7-10H2. The highest BCUT2D eigenvalue weighted by Crippen LogP contribution is 2.12. The fourth-order valence-corrected chi connectivity index (χ4v) is 2.26. The lowest BCUT2D eigenvalue weighted by Gasteiger charge is -2.34. The van der Waals surface area contributed by atoms with Gasteiger partial charge in [0.25, 0.3) is 0 Å². The molecule has 0 unspecified atom stereocenters. The molecule has 3 rings (SSSR count). The van der Waals surface area contributed by atoms with Gasteiger partial charge in [0.2, 0.25) is 5.91 Å². The molecule has 2 aromatic rings. The Hall–Kier alpha value is -2.63. The third-order valence-corrected chi connectivity index (χ3v) is 3.40. The molecule has 6 heteroatoms. The Labute approximate surface area is 122 Å². The van der Waals surface area contributed by atoms with Crippen molar-refractivity contribution in [2.45, 2.75) is 0 Å². The van der Waals surface area contributed by atoms with E-state index in [1.807, 2.05) is 11.0 Å². The summed E-state index contributed by atoms with van der Waals surface area (Å²) in [6.45, 7) is 2.88. The molecule has 0 N–H and O–H groups in total. The van der Waals surface area contributed by atoms with Crippen LogP contribution in [0.15, 0.2) is 47.5 Å². The van der Waals surface area contributed by atoms with E-state index in [0.29, 0.717) is 18.8 Å². The number of amides is 1. The number of furan rings is 1. The van der Waals surface area contributed by atoms with Crippen molar-refractivity contribution in [2.75, 3.05) is 31.1 Å². The minimum Gasteiger partial charge on any atom is -0.465 e. The monoisotopic (exact) mass is 284 g/mol. The van der Waals surface area contributed by atoms with Crippen LogP contribution in [0.1, 0.15) is 5.76 Å². The highest BCUT2D eigenvalue weighted by atomic mass is 16.3. The number of hydrogen-bond acceptors (Lipinski definition) is 5. The number of rotatable bonds is 3. The summed E-state index contributed by atoms with van der Waals surface area (Å²) in [6.07, 6.45) is 9.91. The van der Waals surface area contributed by atoms with Gasteiger partial charge in [0.1, 0.15) is 11.6 Å². The third-order valence-electron chi connectivity index (χ3n) is 3.40. The first kappa shape index (κ1) is 13.4. The fourth-order valence-electron chi connectivity index (χ4n) is 2.26. The lowest BCUT2D eigenvalue weighted by molar-refractivity contribution is -0.126. The Morgan fingerprint density at radius 1 is 1.24 bits per heavy atom. The molecule has 0 atom stereocenters. The largest absolute Gasteiger partial charge is 0.465 e. The molecule has 0 aliphatic carbocycles. The second-order valence-electron chi connectivity index (χ2n) is 4.72. The average molecular weight is 284 g/mol. The number of carbonyl (C=O) groups is 1. The van der Waals surface area contributed by atoms with Gasteiger partial charge in [0.15, 0.2) is 0 Å². The SMILES string of the molecule is O=C(C=Cc1ccco1)N1CCN(c2cnccn2)CC1. The summed E-state index contributed by atoms with van der Waals surface area (Å²) in [6, 6.07) is 3.61. The van der Waals surface area contributed by atoms with E-state index in [2.05, 4.69) is 14.9 Å². The Morgan fingerprint density at radius 2 is 2.10 bits per heavy atom. The van der Waals surface area contributed by atoms with Gasteiger partial charge in [-0.05, 0) is 18.2 Å². The van der Waals surface area contributed by atoms with E-state index in [1.54, 1.807) is 43.1 Å². The summed E-state index contributed by atoms with van der Waals surface area (Å²) in [4.78, 5) is 24.4. The zero-order valence-electron chi connectivity index (χ0n) is 11.6. The summed E-state index contributed by atoms with van der Waals surface area (Å²) < 4.78 is 5.17. The maximum atomic E-state index is 12.1. The number of hydrogen-bond donors (Lipinski definition) is 0. The minimum atomic E-state index is 0.00481. The summed E-state index contributed by atoms with van der Waals surface area (Å²) in [5.41, 5.74) is 0. The van der Waals surface area contributed by atoms with Crippen LogP contribution in [0.5, 0.6) is 0 Å². The molecule has 1 saturated heterocycles. The van der Waals surface area contributed by atoms with Gasteiger partial charge >= 0.3 is 0 Å². The summed E-state index contributed by atoms with van der Waals surface area (Å²) in [7, 11) is 0. The molecule has 21 heavy (non-hydrogen) atoms. The van der Waals surface area contributed by atoms with Crippen LogP contribution in [0, 0.1) is 0 Å². The molecule has 1 fully saturated rings. The zero-order valence-corrected chi connectivity index (χ0v) is 11.6. The van der Waals surface area contributed by atoms with Crippen molar-refractivity contribution in [3.8, 4) is 0 Å². The molecule has 0 bridgehead atoms. The fraction of sp³-hybridized carbons (Fsp3) is 0.267. The Bertz CT molecular complexity index is 602. The molecule has 0 radical (unpaired) electrons. The van der Waals surface area contributed by atoms with Crippen molar-refractivity contribution in [2.24, 2.45) is 0 Å². The summed E-state index contributed by atoms with van der Waals surface area (Å²) in [5, 5.41) is 0. The molecule has 0 spiro atoms. The van der Waals surface area contributed by atoms with Crippen LogP contribution >= 0.6 is 0 Å². The highest BCUT2D eigenvalue weighted by Gasteiger charge is 2.20. The maximum absolute atomic E-state index is 12.1. The van der Waals surface area contributed by atoms with Gasteiger partial charge in [-0.2, -0.15) is 0 Å². The molecule has 0 aromatic carbocycles. The lowest BCUT2D eigenvalue weighted by Crippen LogP contribution is -2.48. The lowest BCUT2D eigenvalue weighted by atomic mass is 10.3. The van der Waals surface area contributed by atoms with Crippen molar-refractivity contribution < 1.29 is 9.21 Å². The third kappa shape index (κ3) is 3.28. The molecule has 6 nitrogen and oxygen atoms in total. The van der Waals surface area contributed by atoms with Gasteiger partial charge in [-0.15, -0.1) is 0 Å². The highest BCUT2D eigenvalue weighted by molar-refractivity contribution is 5.91. The second kappa shape index (κ2) is 6.21. The first-order chi connectivity index (χ1) is 10.3. The number of piperazine rings is 1. The smallest absolute Gasteiger partial charge is 0.246 e. The number of aromatic nitrogens is 2. The van der Waals surface area contributed by atoms with Crippen molar-refractivity contribution >= 4 is 17.8 Å². The molecule has 1 aliphatic heterocycles. The number of nitrogens with zero attached hydrogens (tertiary/aromatic N) is 4. The maximum Gasteiger partial charge on any atom is 0.246 e. The van der Waals surface area contributed by atoms with E-state index >= 15 is 0 Å². The van der Waals surface area contributed by atoms with Gasteiger partial charge in [-0.25, -0.2) is 4.98 Å². The topological polar surface area (TPSA) is 62.5 Å². The quantitative estimate of drug-likeness (QED) is 0.798. The van der Waals surface area contributed by atoms with Crippen LogP contribution < -0.4 is 4.90 Å². The predicted octanol–water partition coefficient (Wildman–Crippen LogP) is 1.43. The molecule has 1 aliphatic rings. The molecular weight excluding hydrogens is 268 g/mol. The van der Waals surface area contributed by atoms with Crippen LogP contribution in [-0.2, 0) is 4.79 Å². The number of carbonyl (C=O) groups excluding carboxylic acids is 1. The van der Waals surface area contributed by atoms with Crippen LogP contribution in [0.2, 0.25) is 0 Å². The second-order valence-corrected chi connectivity index (χ2v) is 4.72. The van der Waals surface area contributed by atoms with E-state index in [9.17, 15) is 4.79 Å². The molecule has 0 saturated carbocycles. The molecule has 3 heterocycles. The molecule has 2 aromatic heterocycles. The van der Waals surface area contributed by atoms with E-state index in [0.717, 1.165) is 18.9 Å². The average Bonchev–Trinajstić information content (AvgIpc) is 3.07. The molecule has 108 valence electrons. The predicted molar refractivity (Wildman–Crippen MR) is 78.6 cm³/mol. The minimum absolute atomic E-state index is 0.00481. The van der Waals surface area contributed by atoms with Crippen LogP contribution in [0.25, 0.3) is 6.08 Å². The Kier molecular flexibility index (Phi) is 3.95. The van der Waals surface area contributed by atoms with Crippen molar-refractivity contribution in [3.63, 3.8) is 0 Å². The number of anilines is 1.